The third kappa shape index (κ3) is 3.82. The van der Waals surface area contributed by atoms with E-state index >= 15 is 0 Å². The van der Waals surface area contributed by atoms with Gasteiger partial charge in [-0.05, 0) is 77.2 Å². The van der Waals surface area contributed by atoms with Crippen molar-refractivity contribution >= 4 is 40.2 Å². The highest BCUT2D eigenvalue weighted by Crippen LogP contribution is 2.19. The van der Waals surface area contributed by atoms with Crippen LogP contribution in [0.15, 0.2) is 71.9 Å². The van der Waals surface area contributed by atoms with Crippen LogP contribution in [-0.4, -0.2) is 24.9 Å². The molecule has 0 aliphatic heterocycles. The van der Waals surface area contributed by atoms with Crippen LogP contribution >= 0.6 is 22.6 Å². The topological polar surface area (TPSA) is 20.5 Å². The van der Waals surface area contributed by atoms with Crippen molar-refractivity contribution in [1.29, 1.82) is 0 Å². The number of aliphatic imine (C=N–C) groups is 1. The van der Waals surface area contributed by atoms with Crippen molar-refractivity contribution in [2.45, 2.75) is 0 Å². The predicted molar refractivity (Wildman–Crippen MR) is 107 cm³/mol. The molecule has 0 aliphatic rings. The molecular formula is C19H18IN3. The van der Waals surface area contributed by atoms with Crippen LogP contribution in [0.25, 0.3) is 5.69 Å². The third-order valence-electron chi connectivity index (χ3n) is 3.58. The molecule has 0 radical (unpaired) electrons. The number of halogens is 1. The first-order valence-corrected chi connectivity index (χ1v) is 8.46. The lowest BCUT2D eigenvalue weighted by Gasteiger charge is -2.13. The fourth-order valence-electron chi connectivity index (χ4n) is 2.34. The van der Waals surface area contributed by atoms with Gasteiger partial charge in [0.25, 0.3) is 0 Å². The molecule has 0 spiro atoms. The Bertz CT molecular complexity index is 817. The lowest BCUT2D eigenvalue weighted by atomic mass is 10.2. The second-order valence-electron chi connectivity index (χ2n) is 5.45. The molecule has 1 heterocycles. The van der Waals surface area contributed by atoms with Crippen LogP contribution in [0.3, 0.4) is 0 Å². The van der Waals surface area contributed by atoms with Crippen LogP contribution in [-0.2, 0) is 0 Å². The van der Waals surface area contributed by atoms with E-state index in [1.54, 1.807) is 0 Å². The number of hydrogen-bond donors (Lipinski definition) is 0. The molecule has 0 amide bonds. The van der Waals surface area contributed by atoms with Crippen LogP contribution in [0.1, 0.15) is 5.69 Å². The van der Waals surface area contributed by atoms with E-state index in [9.17, 15) is 0 Å². The molecule has 3 rings (SSSR count). The van der Waals surface area contributed by atoms with Crippen LogP contribution in [0.5, 0.6) is 0 Å². The van der Waals surface area contributed by atoms with Crippen molar-refractivity contribution in [2.75, 3.05) is 19.0 Å². The number of rotatable bonds is 4. The minimum absolute atomic E-state index is 0.965. The average Bonchev–Trinajstić information content (AvgIpc) is 3.01. The zero-order valence-corrected chi connectivity index (χ0v) is 15.3. The Morgan fingerprint density at radius 1 is 1.00 bits per heavy atom. The van der Waals surface area contributed by atoms with Gasteiger partial charge in [-0.2, -0.15) is 0 Å². The number of nitrogens with zero attached hydrogens (tertiary/aromatic N) is 3. The fourth-order valence-corrected chi connectivity index (χ4v) is 2.87. The monoisotopic (exact) mass is 415 g/mol. The lowest BCUT2D eigenvalue weighted by molar-refractivity contribution is 1.06. The molecule has 0 aliphatic carbocycles. The van der Waals surface area contributed by atoms with Gasteiger partial charge in [0.05, 0.1) is 17.6 Å². The molecule has 2 aromatic carbocycles. The summed E-state index contributed by atoms with van der Waals surface area (Å²) in [5, 5.41) is 0. The Morgan fingerprint density at radius 2 is 1.78 bits per heavy atom. The predicted octanol–water partition coefficient (Wildman–Crippen LogP) is 4.90. The lowest BCUT2D eigenvalue weighted by Crippen LogP contribution is -2.08. The molecule has 0 bridgehead atoms. The highest BCUT2D eigenvalue weighted by atomic mass is 127. The molecule has 3 nitrogen and oxygen atoms in total. The van der Waals surface area contributed by atoms with E-state index < -0.39 is 0 Å². The summed E-state index contributed by atoms with van der Waals surface area (Å²) < 4.78 is 3.32. The summed E-state index contributed by atoms with van der Waals surface area (Å²) >= 11 is 2.30. The van der Waals surface area contributed by atoms with Crippen molar-refractivity contribution in [1.82, 2.24) is 4.57 Å². The van der Waals surface area contributed by atoms with E-state index in [2.05, 4.69) is 85.7 Å². The van der Waals surface area contributed by atoms with Gasteiger partial charge in [-0.15, -0.1) is 0 Å². The number of aromatic nitrogens is 1. The molecule has 0 saturated heterocycles. The summed E-state index contributed by atoms with van der Waals surface area (Å²) in [6.07, 6.45) is 3.96. The van der Waals surface area contributed by atoms with E-state index in [1.165, 1.54) is 9.26 Å². The molecule has 23 heavy (non-hydrogen) atoms. The fraction of sp³-hybridized carbons (Fsp3) is 0.105. The minimum atomic E-state index is 0.965. The van der Waals surface area contributed by atoms with Gasteiger partial charge in [0.15, 0.2) is 0 Å². The quantitative estimate of drug-likeness (QED) is 0.439. The Kier molecular flexibility index (Phi) is 4.81. The smallest absolute Gasteiger partial charge is 0.0641 e. The van der Waals surface area contributed by atoms with Gasteiger partial charge in [-0.3, -0.25) is 4.99 Å². The third-order valence-corrected chi connectivity index (χ3v) is 4.25. The molecule has 1 aromatic heterocycles. The summed E-state index contributed by atoms with van der Waals surface area (Å²) in [6.45, 7) is 0. The summed E-state index contributed by atoms with van der Waals surface area (Å²) in [5.41, 5.74) is 4.34. The molecule has 0 fully saturated rings. The van der Waals surface area contributed by atoms with Gasteiger partial charge in [0.2, 0.25) is 0 Å². The SMILES string of the molecule is CN(C)c1ccc(-n2cccc2C=Nc2cccc(I)c2)cc1. The van der Waals surface area contributed by atoms with Crippen molar-refractivity contribution in [3.8, 4) is 5.69 Å². The van der Waals surface area contributed by atoms with Crippen molar-refractivity contribution in [3.63, 3.8) is 0 Å². The van der Waals surface area contributed by atoms with Crippen LogP contribution in [0.2, 0.25) is 0 Å². The highest BCUT2D eigenvalue weighted by molar-refractivity contribution is 14.1. The Morgan fingerprint density at radius 3 is 2.48 bits per heavy atom. The van der Waals surface area contributed by atoms with Gasteiger partial charge in [0, 0.05) is 35.2 Å². The van der Waals surface area contributed by atoms with E-state index in [0.717, 1.165) is 17.1 Å². The maximum atomic E-state index is 4.58. The summed E-state index contributed by atoms with van der Waals surface area (Å²) in [6, 6.07) is 20.8. The van der Waals surface area contributed by atoms with E-state index in [-0.39, 0.29) is 0 Å². The standard InChI is InChI=1S/C19H18IN3/c1-22(2)17-8-10-18(11-9-17)23-12-4-7-19(23)14-21-16-6-3-5-15(20)13-16/h3-14H,1-2H3. The second kappa shape index (κ2) is 7.00. The van der Waals surface area contributed by atoms with Crippen LogP contribution in [0, 0.1) is 3.57 Å². The maximum Gasteiger partial charge on any atom is 0.0641 e. The van der Waals surface area contributed by atoms with Crippen molar-refractivity contribution < 1.29 is 0 Å². The number of anilines is 1. The van der Waals surface area contributed by atoms with E-state index in [0.29, 0.717) is 0 Å². The van der Waals surface area contributed by atoms with Crippen molar-refractivity contribution in [2.24, 2.45) is 4.99 Å². The molecule has 0 atom stereocenters. The normalized spacial score (nSPS) is 11.1. The van der Waals surface area contributed by atoms with E-state index in [1.807, 2.05) is 38.5 Å². The van der Waals surface area contributed by atoms with Gasteiger partial charge in [0.1, 0.15) is 0 Å². The molecule has 0 saturated carbocycles. The Balaban J connectivity index is 1.87. The molecule has 0 unspecified atom stereocenters. The maximum absolute atomic E-state index is 4.58. The first kappa shape index (κ1) is 15.8. The molecule has 116 valence electrons. The second-order valence-corrected chi connectivity index (χ2v) is 6.70. The molecule has 4 heteroatoms. The Labute approximate surface area is 150 Å². The van der Waals surface area contributed by atoms with Crippen LogP contribution in [0.4, 0.5) is 11.4 Å². The van der Waals surface area contributed by atoms with Crippen molar-refractivity contribution in [3.05, 3.63) is 76.1 Å². The first-order valence-electron chi connectivity index (χ1n) is 7.38. The van der Waals surface area contributed by atoms with E-state index in [4.69, 9.17) is 0 Å². The average molecular weight is 415 g/mol. The highest BCUT2D eigenvalue weighted by Gasteiger charge is 2.02. The zero-order valence-electron chi connectivity index (χ0n) is 13.1. The minimum Gasteiger partial charge on any atom is -0.378 e. The number of benzene rings is 2. The Hall–Kier alpha value is -2.08. The van der Waals surface area contributed by atoms with Crippen LogP contribution < -0.4 is 4.90 Å². The summed E-state index contributed by atoms with van der Waals surface area (Å²) in [7, 11) is 4.09. The first-order chi connectivity index (χ1) is 11.1. The van der Waals surface area contributed by atoms with Gasteiger partial charge < -0.3 is 9.47 Å². The zero-order chi connectivity index (χ0) is 16.2. The molecule has 3 aromatic rings. The van der Waals surface area contributed by atoms with Gasteiger partial charge in [-0.25, -0.2) is 0 Å². The number of hydrogen-bond acceptors (Lipinski definition) is 2. The summed E-state index contributed by atoms with van der Waals surface area (Å²) in [5.74, 6) is 0. The van der Waals surface area contributed by atoms with Gasteiger partial charge >= 0.3 is 0 Å². The van der Waals surface area contributed by atoms with Gasteiger partial charge in [-0.1, -0.05) is 6.07 Å². The molecular weight excluding hydrogens is 397 g/mol. The summed E-state index contributed by atoms with van der Waals surface area (Å²) in [4.78, 5) is 6.68. The largest absolute Gasteiger partial charge is 0.378 e. The molecule has 0 N–H and O–H groups in total.